The summed E-state index contributed by atoms with van der Waals surface area (Å²) in [4.78, 5) is 33.1. The quantitative estimate of drug-likeness (QED) is 0.692. The van der Waals surface area contributed by atoms with Crippen LogP contribution in [0.3, 0.4) is 0 Å². The summed E-state index contributed by atoms with van der Waals surface area (Å²) in [5.41, 5.74) is 1.72. The molecule has 0 amide bonds. The molecule has 27 heavy (non-hydrogen) atoms. The molecule has 1 aliphatic heterocycles. The average molecular weight is 367 g/mol. The summed E-state index contributed by atoms with van der Waals surface area (Å²) in [5.74, 6) is 0.987. The lowest BCUT2D eigenvalue weighted by Crippen LogP contribution is -2.38. The Morgan fingerprint density at radius 2 is 1.70 bits per heavy atom. The number of ketones is 2. The van der Waals surface area contributed by atoms with Gasteiger partial charge < -0.3 is 9.30 Å². The normalized spacial score (nSPS) is 17.3. The van der Waals surface area contributed by atoms with Crippen LogP contribution in [-0.4, -0.2) is 58.9 Å². The van der Waals surface area contributed by atoms with E-state index in [1.54, 1.807) is 24.3 Å². The number of fused-ring (bicyclic) bond motifs is 2. The van der Waals surface area contributed by atoms with Crippen molar-refractivity contribution in [3.8, 4) is 0 Å². The molecule has 0 radical (unpaired) electrons. The second-order valence-corrected chi connectivity index (χ2v) is 7.63. The maximum Gasteiger partial charge on any atom is 0.214 e. The lowest BCUT2D eigenvalue weighted by atomic mass is 9.90. The third kappa shape index (κ3) is 3.35. The molecule has 4 rings (SSSR count). The Labute approximate surface area is 159 Å². The van der Waals surface area contributed by atoms with Gasteiger partial charge in [-0.05, 0) is 5.92 Å². The van der Waals surface area contributed by atoms with Crippen molar-refractivity contribution in [3.63, 3.8) is 0 Å². The monoisotopic (exact) mass is 367 g/mol. The molecule has 0 atom stereocenters. The number of rotatable bonds is 5. The van der Waals surface area contributed by atoms with E-state index < -0.39 is 0 Å². The molecule has 1 aliphatic carbocycles. The van der Waals surface area contributed by atoms with Crippen LogP contribution in [0.25, 0.3) is 0 Å². The number of hydrogen-bond acceptors (Lipinski definition) is 5. The third-order valence-electron chi connectivity index (χ3n) is 5.23. The first kappa shape index (κ1) is 18.1. The van der Waals surface area contributed by atoms with Gasteiger partial charge in [-0.3, -0.25) is 14.5 Å². The molecule has 2 aliphatic rings. The topological polar surface area (TPSA) is 64.4 Å². The molecule has 0 N–H and O–H groups in total. The van der Waals surface area contributed by atoms with Gasteiger partial charge in [0.25, 0.3) is 0 Å². The fraction of sp³-hybridized carbons (Fsp3) is 0.476. The van der Waals surface area contributed by atoms with Gasteiger partial charge in [0, 0.05) is 43.7 Å². The first-order chi connectivity index (χ1) is 13.1. The number of hydrogen-bond donors (Lipinski definition) is 0. The summed E-state index contributed by atoms with van der Waals surface area (Å²) in [6, 6.07) is 7.05. The second-order valence-electron chi connectivity index (χ2n) is 7.63. The van der Waals surface area contributed by atoms with Crippen LogP contribution in [-0.2, 0) is 17.7 Å². The van der Waals surface area contributed by atoms with E-state index in [-0.39, 0.29) is 11.6 Å². The molecule has 0 spiro atoms. The van der Waals surface area contributed by atoms with Gasteiger partial charge in [-0.2, -0.15) is 0 Å². The van der Waals surface area contributed by atoms with Crippen LogP contribution >= 0.6 is 0 Å². The van der Waals surface area contributed by atoms with E-state index in [9.17, 15) is 9.59 Å². The third-order valence-corrected chi connectivity index (χ3v) is 5.23. The summed E-state index contributed by atoms with van der Waals surface area (Å²) in [7, 11) is 0. The molecule has 0 bridgehead atoms. The number of aromatic nitrogens is 2. The molecular weight excluding hydrogens is 342 g/mol. The second kappa shape index (κ2) is 7.37. The van der Waals surface area contributed by atoms with Crippen molar-refractivity contribution in [2.75, 3.05) is 32.8 Å². The zero-order valence-corrected chi connectivity index (χ0v) is 15.9. The van der Waals surface area contributed by atoms with Gasteiger partial charge in [-0.1, -0.05) is 38.1 Å². The van der Waals surface area contributed by atoms with E-state index in [2.05, 4.69) is 23.7 Å². The minimum atomic E-state index is -0.143. The lowest BCUT2D eigenvalue weighted by Gasteiger charge is -2.27. The van der Waals surface area contributed by atoms with Crippen LogP contribution in [0.5, 0.6) is 0 Å². The van der Waals surface area contributed by atoms with Crippen LogP contribution in [0.4, 0.5) is 0 Å². The Kier molecular flexibility index (Phi) is 4.93. The zero-order chi connectivity index (χ0) is 19.0. The maximum atomic E-state index is 13.2. The average Bonchev–Trinajstić information content (AvgIpc) is 3.03. The first-order valence-electron chi connectivity index (χ1n) is 9.64. The van der Waals surface area contributed by atoms with E-state index in [1.165, 1.54) is 0 Å². The zero-order valence-electron chi connectivity index (χ0n) is 15.9. The molecule has 1 fully saturated rings. The van der Waals surface area contributed by atoms with Gasteiger partial charge in [0.2, 0.25) is 11.6 Å². The lowest BCUT2D eigenvalue weighted by molar-refractivity contribution is 0.0362. The minimum Gasteiger partial charge on any atom is -0.379 e. The van der Waals surface area contributed by atoms with E-state index in [0.717, 1.165) is 45.1 Å². The summed E-state index contributed by atoms with van der Waals surface area (Å²) in [6.07, 6.45) is 0.743. The Bertz CT molecular complexity index is 879. The van der Waals surface area contributed by atoms with Gasteiger partial charge in [-0.25, -0.2) is 4.98 Å². The number of ether oxygens (including phenoxy) is 1. The van der Waals surface area contributed by atoms with Gasteiger partial charge in [-0.15, -0.1) is 0 Å². The number of carbonyl (C=O) groups is 2. The highest BCUT2D eigenvalue weighted by Crippen LogP contribution is 2.28. The van der Waals surface area contributed by atoms with Crippen LogP contribution in [0.2, 0.25) is 0 Å². The molecule has 142 valence electrons. The van der Waals surface area contributed by atoms with Crippen molar-refractivity contribution in [1.29, 1.82) is 0 Å². The maximum absolute atomic E-state index is 13.2. The van der Waals surface area contributed by atoms with Crippen LogP contribution in [0.1, 0.15) is 51.8 Å². The van der Waals surface area contributed by atoms with Gasteiger partial charge in [0.15, 0.2) is 0 Å². The van der Waals surface area contributed by atoms with E-state index in [4.69, 9.17) is 4.74 Å². The smallest absolute Gasteiger partial charge is 0.214 e. The fourth-order valence-corrected chi connectivity index (χ4v) is 3.85. The van der Waals surface area contributed by atoms with Crippen molar-refractivity contribution in [3.05, 3.63) is 52.6 Å². The predicted molar refractivity (Wildman–Crippen MR) is 101 cm³/mol. The Morgan fingerprint density at radius 3 is 2.37 bits per heavy atom. The van der Waals surface area contributed by atoms with E-state index >= 15 is 0 Å². The Morgan fingerprint density at radius 1 is 1.04 bits per heavy atom. The molecule has 6 heteroatoms. The molecule has 2 heterocycles. The van der Waals surface area contributed by atoms with Crippen LogP contribution < -0.4 is 0 Å². The SMILES string of the molecule is CC(C)Cc1nc2c(n1CCN1CCOCC1)C(=O)c1ccccc1C2=O. The minimum absolute atomic E-state index is 0.0929. The molecule has 1 aromatic heterocycles. The van der Waals surface area contributed by atoms with Crippen molar-refractivity contribution >= 4 is 11.6 Å². The fourth-order valence-electron chi connectivity index (χ4n) is 3.85. The highest BCUT2D eigenvalue weighted by Gasteiger charge is 2.35. The summed E-state index contributed by atoms with van der Waals surface area (Å²) >= 11 is 0. The number of benzene rings is 1. The first-order valence-corrected chi connectivity index (χ1v) is 9.64. The summed E-state index contributed by atoms with van der Waals surface area (Å²) in [6.45, 7) is 9.00. The van der Waals surface area contributed by atoms with E-state index in [1.807, 2.05) is 4.57 Å². The van der Waals surface area contributed by atoms with Crippen molar-refractivity contribution < 1.29 is 14.3 Å². The molecule has 2 aromatic rings. The number of imidazole rings is 1. The van der Waals surface area contributed by atoms with Crippen molar-refractivity contribution in [1.82, 2.24) is 14.5 Å². The largest absolute Gasteiger partial charge is 0.379 e. The predicted octanol–water partition coefficient (Wildman–Crippen LogP) is 2.19. The number of carbonyl (C=O) groups excluding carboxylic acids is 2. The molecule has 6 nitrogen and oxygen atoms in total. The highest BCUT2D eigenvalue weighted by molar-refractivity contribution is 6.27. The molecule has 0 unspecified atom stereocenters. The van der Waals surface area contributed by atoms with Crippen LogP contribution in [0, 0.1) is 5.92 Å². The van der Waals surface area contributed by atoms with Crippen LogP contribution in [0.15, 0.2) is 24.3 Å². The standard InChI is InChI=1S/C21H25N3O3/c1-14(2)13-17-22-18-19(24(17)8-7-23-9-11-27-12-10-23)21(26)16-6-4-3-5-15(16)20(18)25/h3-6,14H,7-13H2,1-2H3. The van der Waals surface area contributed by atoms with Crippen molar-refractivity contribution in [2.24, 2.45) is 5.92 Å². The summed E-state index contributed by atoms with van der Waals surface area (Å²) in [5, 5.41) is 0. The van der Waals surface area contributed by atoms with Gasteiger partial charge in [0.05, 0.1) is 13.2 Å². The van der Waals surface area contributed by atoms with Gasteiger partial charge >= 0.3 is 0 Å². The number of nitrogens with zero attached hydrogens (tertiary/aromatic N) is 3. The Balaban J connectivity index is 1.72. The molecule has 1 aromatic carbocycles. The van der Waals surface area contributed by atoms with Gasteiger partial charge in [0.1, 0.15) is 17.2 Å². The highest BCUT2D eigenvalue weighted by atomic mass is 16.5. The molecular formula is C21H25N3O3. The molecule has 0 saturated carbocycles. The van der Waals surface area contributed by atoms with E-state index in [0.29, 0.717) is 35.0 Å². The summed E-state index contributed by atoms with van der Waals surface area (Å²) < 4.78 is 7.40. The Hall–Kier alpha value is -2.31. The molecule has 1 saturated heterocycles. The van der Waals surface area contributed by atoms with Crippen molar-refractivity contribution in [2.45, 2.75) is 26.8 Å². The number of morpholine rings is 1.